The quantitative estimate of drug-likeness (QED) is 0.817. The van der Waals surface area contributed by atoms with E-state index in [4.69, 9.17) is 5.73 Å². The van der Waals surface area contributed by atoms with Gasteiger partial charge in [-0.3, -0.25) is 4.79 Å². The molecule has 1 amide bonds. The highest BCUT2D eigenvalue weighted by Crippen LogP contribution is 2.29. The van der Waals surface area contributed by atoms with Crippen LogP contribution in [0.15, 0.2) is 35.2 Å². The Labute approximate surface area is 100 Å². The van der Waals surface area contributed by atoms with E-state index in [0.717, 1.165) is 30.7 Å². The van der Waals surface area contributed by atoms with Gasteiger partial charge in [0.15, 0.2) is 0 Å². The molecule has 0 bridgehead atoms. The second-order valence-electron chi connectivity index (χ2n) is 3.96. The third-order valence-corrected chi connectivity index (χ3v) is 3.90. The Kier molecular flexibility index (Phi) is 3.85. The first-order valence-corrected chi connectivity index (χ1v) is 6.33. The molecule has 1 aromatic rings. The number of piperidine rings is 1. The lowest BCUT2D eigenvalue weighted by atomic mass is 10.0. The maximum Gasteiger partial charge on any atom is 0.235 e. The van der Waals surface area contributed by atoms with Crippen LogP contribution in [0.2, 0.25) is 0 Å². The Morgan fingerprint density at radius 1 is 1.31 bits per heavy atom. The number of hydrogen-bond acceptors (Lipinski definition) is 3. The fraction of sp³-hybridized carbons (Fsp3) is 0.417. The van der Waals surface area contributed by atoms with Gasteiger partial charge in [0.2, 0.25) is 5.91 Å². The van der Waals surface area contributed by atoms with Gasteiger partial charge in [0.25, 0.3) is 0 Å². The van der Waals surface area contributed by atoms with Crippen LogP contribution >= 0.6 is 11.9 Å². The third-order valence-electron chi connectivity index (χ3n) is 2.75. The molecule has 2 rings (SSSR count). The molecular weight excluding hydrogens is 220 g/mol. The highest BCUT2D eigenvalue weighted by Gasteiger charge is 2.27. The number of nitrogens with two attached hydrogens (primary N) is 1. The van der Waals surface area contributed by atoms with Crippen molar-refractivity contribution in [2.24, 2.45) is 5.73 Å². The zero-order valence-electron chi connectivity index (χ0n) is 9.13. The minimum Gasteiger partial charge on any atom is -0.368 e. The highest BCUT2D eigenvalue weighted by atomic mass is 32.2. The van der Waals surface area contributed by atoms with E-state index in [9.17, 15) is 4.79 Å². The Balaban J connectivity index is 2.04. The van der Waals surface area contributed by atoms with E-state index >= 15 is 0 Å². The molecule has 0 aliphatic carbocycles. The molecule has 1 heterocycles. The van der Waals surface area contributed by atoms with E-state index in [1.807, 2.05) is 18.2 Å². The summed E-state index contributed by atoms with van der Waals surface area (Å²) in [7, 11) is 0. The van der Waals surface area contributed by atoms with E-state index in [-0.39, 0.29) is 11.9 Å². The number of amides is 1. The highest BCUT2D eigenvalue weighted by molar-refractivity contribution is 7.97. The standard InChI is InChI=1S/C12H16N2OS/c13-12(15)11-8-4-5-9-14(11)16-10-6-2-1-3-7-10/h1-3,6-7,11H,4-5,8-9H2,(H2,13,15)/t11-/m0/s1. The average molecular weight is 236 g/mol. The summed E-state index contributed by atoms with van der Waals surface area (Å²) in [6.45, 7) is 0.938. The first-order chi connectivity index (χ1) is 7.77. The summed E-state index contributed by atoms with van der Waals surface area (Å²) in [5.74, 6) is -0.205. The van der Waals surface area contributed by atoms with Crippen LogP contribution in [-0.4, -0.2) is 22.8 Å². The lowest BCUT2D eigenvalue weighted by Crippen LogP contribution is -2.43. The molecule has 1 aromatic carbocycles. The molecule has 1 fully saturated rings. The summed E-state index contributed by atoms with van der Waals surface area (Å²) in [6.07, 6.45) is 3.12. The number of benzene rings is 1. The monoisotopic (exact) mass is 236 g/mol. The number of primary amides is 1. The van der Waals surface area contributed by atoms with Crippen LogP contribution < -0.4 is 5.73 Å². The van der Waals surface area contributed by atoms with Crippen LogP contribution in [0.25, 0.3) is 0 Å². The summed E-state index contributed by atoms with van der Waals surface area (Å²) in [5.41, 5.74) is 5.42. The van der Waals surface area contributed by atoms with Crippen LogP contribution in [0.3, 0.4) is 0 Å². The van der Waals surface area contributed by atoms with Gasteiger partial charge in [-0.15, -0.1) is 0 Å². The van der Waals surface area contributed by atoms with Crippen molar-refractivity contribution >= 4 is 17.9 Å². The van der Waals surface area contributed by atoms with E-state index in [1.165, 1.54) is 0 Å². The molecule has 0 radical (unpaired) electrons. The SMILES string of the molecule is NC(=O)[C@@H]1CCCCN1Sc1ccccc1. The van der Waals surface area contributed by atoms with Crippen molar-refractivity contribution in [1.82, 2.24) is 4.31 Å². The minimum atomic E-state index is -0.205. The van der Waals surface area contributed by atoms with Crippen LogP contribution in [0.4, 0.5) is 0 Å². The van der Waals surface area contributed by atoms with E-state index in [1.54, 1.807) is 11.9 Å². The average Bonchev–Trinajstić information content (AvgIpc) is 2.31. The molecule has 2 N–H and O–H groups in total. The Bertz CT molecular complexity index is 355. The van der Waals surface area contributed by atoms with E-state index < -0.39 is 0 Å². The van der Waals surface area contributed by atoms with E-state index in [2.05, 4.69) is 16.4 Å². The van der Waals surface area contributed by atoms with Crippen molar-refractivity contribution in [3.05, 3.63) is 30.3 Å². The normalized spacial score (nSPS) is 21.9. The molecule has 0 saturated carbocycles. The smallest absolute Gasteiger partial charge is 0.235 e. The molecule has 4 heteroatoms. The second kappa shape index (κ2) is 5.37. The van der Waals surface area contributed by atoms with Gasteiger partial charge in [-0.2, -0.15) is 0 Å². The number of rotatable bonds is 3. The summed E-state index contributed by atoms with van der Waals surface area (Å²) in [4.78, 5) is 12.5. The van der Waals surface area contributed by atoms with Crippen molar-refractivity contribution in [1.29, 1.82) is 0 Å². The van der Waals surface area contributed by atoms with Gasteiger partial charge < -0.3 is 5.73 Å². The first-order valence-electron chi connectivity index (χ1n) is 5.56. The molecule has 86 valence electrons. The van der Waals surface area contributed by atoms with Gasteiger partial charge in [0.1, 0.15) is 0 Å². The van der Waals surface area contributed by atoms with Gasteiger partial charge in [-0.05, 0) is 36.9 Å². The number of hydrogen-bond donors (Lipinski definition) is 1. The maximum atomic E-state index is 11.3. The molecule has 0 unspecified atom stereocenters. The van der Waals surface area contributed by atoms with Crippen molar-refractivity contribution in [2.75, 3.05) is 6.54 Å². The molecule has 1 atom stereocenters. The molecule has 0 spiro atoms. The fourth-order valence-corrected chi connectivity index (χ4v) is 3.02. The van der Waals surface area contributed by atoms with Crippen molar-refractivity contribution in [2.45, 2.75) is 30.2 Å². The zero-order valence-corrected chi connectivity index (χ0v) is 9.95. The topological polar surface area (TPSA) is 46.3 Å². The molecule has 16 heavy (non-hydrogen) atoms. The van der Waals surface area contributed by atoms with Crippen molar-refractivity contribution in [3.63, 3.8) is 0 Å². The van der Waals surface area contributed by atoms with Crippen molar-refractivity contribution < 1.29 is 4.79 Å². The summed E-state index contributed by atoms with van der Waals surface area (Å²) >= 11 is 1.63. The van der Waals surface area contributed by atoms with Gasteiger partial charge >= 0.3 is 0 Å². The van der Waals surface area contributed by atoms with Crippen LogP contribution in [0, 0.1) is 0 Å². The number of carbonyl (C=O) groups excluding carboxylic acids is 1. The first kappa shape index (κ1) is 11.5. The van der Waals surface area contributed by atoms with Crippen LogP contribution in [0.1, 0.15) is 19.3 Å². The molecule has 1 aliphatic rings. The Hall–Kier alpha value is -1.00. The Morgan fingerprint density at radius 3 is 2.75 bits per heavy atom. The minimum absolute atomic E-state index is 0.112. The van der Waals surface area contributed by atoms with E-state index in [0.29, 0.717) is 0 Å². The molecular formula is C12H16N2OS. The predicted octanol–water partition coefficient (Wildman–Crippen LogP) is 2.03. The summed E-state index contributed by atoms with van der Waals surface area (Å²) in [5, 5.41) is 0. The second-order valence-corrected chi connectivity index (χ2v) is 5.08. The van der Waals surface area contributed by atoms with Gasteiger partial charge in [-0.25, -0.2) is 4.31 Å². The predicted molar refractivity (Wildman–Crippen MR) is 65.8 cm³/mol. The van der Waals surface area contributed by atoms with Gasteiger partial charge in [-0.1, -0.05) is 24.6 Å². The van der Waals surface area contributed by atoms with Gasteiger partial charge in [0.05, 0.1) is 6.04 Å². The summed E-state index contributed by atoms with van der Waals surface area (Å²) in [6, 6.07) is 10.00. The van der Waals surface area contributed by atoms with Gasteiger partial charge in [0, 0.05) is 11.4 Å². The number of carbonyl (C=O) groups is 1. The summed E-state index contributed by atoms with van der Waals surface area (Å²) < 4.78 is 2.11. The number of nitrogens with zero attached hydrogens (tertiary/aromatic N) is 1. The van der Waals surface area contributed by atoms with Crippen LogP contribution in [-0.2, 0) is 4.79 Å². The third kappa shape index (κ3) is 2.77. The molecule has 0 aromatic heterocycles. The van der Waals surface area contributed by atoms with Crippen molar-refractivity contribution in [3.8, 4) is 0 Å². The molecule has 3 nitrogen and oxygen atoms in total. The van der Waals surface area contributed by atoms with Crippen LogP contribution in [0.5, 0.6) is 0 Å². The lowest BCUT2D eigenvalue weighted by molar-refractivity contribution is -0.122. The lowest BCUT2D eigenvalue weighted by Gasteiger charge is -2.32. The Morgan fingerprint density at radius 2 is 2.06 bits per heavy atom. The maximum absolute atomic E-state index is 11.3. The zero-order chi connectivity index (χ0) is 11.4. The molecule has 1 saturated heterocycles. The fourth-order valence-electron chi connectivity index (χ4n) is 1.92. The molecule has 1 aliphatic heterocycles. The largest absolute Gasteiger partial charge is 0.368 e.